The fraction of sp³-hybridized carbons (Fsp3) is 0.750. The molecule has 0 saturated carbocycles. The van der Waals surface area contributed by atoms with Gasteiger partial charge < -0.3 is 15.6 Å². The fourth-order valence-electron chi connectivity index (χ4n) is 1.23. The van der Waals surface area contributed by atoms with Crippen LogP contribution < -0.4 is 11.1 Å². The Balaban J connectivity index is 3.09. The molecule has 3 N–H and O–H groups in total. The highest BCUT2D eigenvalue weighted by Crippen LogP contribution is 2.20. The van der Waals surface area contributed by atoms with Crippen molar-refractivity contribution in [2.45, 2.75) is 19.3 Å². The van der Waals surface area contributed by atoms with Crippen LogP contribution in [-0.2, 0) is 12.5 Å². The first-order valence-electron chi connectivity index (χ1n) is 4.30. The Morgan fingerprint density at radius 1 is 1.46 bits per heavy atom. The SMILES string of the molecule is CNc1nnc(C(C)(C)CN)n1C. The van der Waals surface area contributed by atoms with E-state index >= 15 is 0 Å². The lowest BCUT2D eigenvalue weighted by Crippen LogP contribution is -2.31. The van der Waals surface area contributed by atoms with Gasteiger partial charge in [0.05, 0.1) is 0 Å². The van der Waals surface area contributed by atoms with Gasteiger partial charge in [0.1, 0.15) is 5.82 Å². The molecule has 1 aromatic rings. The van der Waals surface area contributed by atoms with Crippen LogP contribution in [0.25, 0.3) is 0 Å². The molecular weight excluding hydrogens is 166 g/mol. The van der Waals surface area contributed by atoms with Gasteiger partial charge in [-0.1, -0.05) is 13.8 Å². The molecule has 0 fully saturated rings. The minimum Gasteiger partial charge on any atom is -0.357 e. The lowest BCUT2D eigenvalue weighted by Gasteiger charge is -2.20. The molecule has 74 valence electrons. The summed E-state index contributed by atoms with van der Waals surface area (Å²) in [4.78, 5) is 0. The third-order valence-corrected chi connectivity index (χ3v) is 2.21. The molecule has 1 rings (SSSR count). The Morgan fingerprint density at radius 3 is 2.46 bits per heavy atom. The van der Waals surface area contributed by atoms with Crippen LogP contribution in [0.15, 0.2) is 0 Å². The van der Waals surface area contributed by atoms with Crippen LogP contribution in [-0.4, -0.2) is 28.4 Å². The zero-order valence-corrected chi connectivity index (χ0v) is 8.63. The summed E-state index contributed by atoms with van der Waals surface area (Å²) in [6, 6.07) is 0. The molecular formula is C8H17N5. The fourth-order valence-corrected chi connectivity index (χ4v) is 1.23. The summed E-state index contributed by atoms with van der Waals surface area (Å²) < 4.78 is 1.92. The average Bonchev–Trinajstić information content (AvgIpc) is 2.47. The molecule has 0 saturated heterocycles. The van der Waals surface area contributed by atoms with Crippen molar-refractivity contribution in [1.82, 2.24) is 14.8 Å². The van der Waals surface area contributed by atoms with E-state index < -0.39 is 0 Å². The van der Waals surface area contributed by atoms with Gasteiger partial charge in [-0.25, -0.2) is 0 Å². The Labute approximate surface area is 78.3 Å². The van der Waals surface area contributed by atoms with Gasteiger partial charge in [-0.3, -0.25) is 0 Å². The van der Waals surface area contributed by atoms with Crippen molar-refractivity contribution in [3.63, 3.8) is 0 Å². The highest BCUT2D eigenvalue weighted by atomic mass is 15.3. The number of hydrogen-bond acceptors (Lipinski definition) is 4. The second-order valence-electron chi connectivity index (χ2n) is 3.74. The molecule has 0 unspecified atom stereocenters. The molecule has 1 aromatic heterocycles. The van der Waals surface area contributed by atoms with E-state index in [-0.39, 0.29) is 5.41 Å². The Morgan fingerprint density at radius 2 is 2.08 bits per heavy atom. The van der Waals surface area contributed by atoms with Crippen LogP contribution >= 0.6 is 0 Å². The molecule has 13 heavy (non-hydrogen) atoms. The van der Waals surface area contributed by atoms with Crippen molar-refractivity contribution in [3.05, 3.63) is 5.82 Å². The first-order valence-corrected chi connectivity index (χ1v) is 4.30. The summed E-state index contributed by atoms with van der Waals surface area (Å²) >= 11 is 0. The van der Waals surface area contributed by atoms with Gasteiger partial charge in [-0.05, 0) is 0 Å². The summed E-state index contributed by atoms with van der Waals surface area (Å²) in [5.74, 6) is 1.66. The summed E-state index contributed by atoms with van der Waals surface area (Å²) in [6.45, 7) is 4.66. The van der Waals surface area contributed by atoms with E-state index in [4.69, 9.17) is 5.73 Å². The number of rotatable bonds is 3. The first-order chi connectivity index (χ1) is 6.03. The zero-order valence-electron chi connectivity index (χ0n) is 8.63. The van der Waals surface area contributed by atoms with E-state index in [0.717, 1.165) is 11.8 Å². The average molecular weight is 183 g/mol. The molecule has 0 aliphatic heterocycles. The highest BCUT2D eigenvalue weighted by Gasteiger charge is 2.25. The monoisotopic (exact) mass is 183 g/mol. The Hall–Kier alpha value is -1.10. The third-order valence-electron chi connectivity index (χ3n) is 2.21. The Kier molecular flexibility index (Phi) is 2.56. The lowest BCUT2D eigenvalue weighted by atomic mass is 9.93. The minimum atomic E-state index is -0.128. The summed E-state index contributed by atoms with van der Waals surface area (Å²) in [7, 11) is 3.75. The van der Waals surface area contributed by atoms with Crippen LogP contribution in [0.1, 0.15) is 19.7 Å². The van der Waals surface area contributed by atoms with Crippen molar-refractivity contribution in [3.8, 4) is 0 Å². The van der Waals surface area contributed by atoms with Crippen LogP contribution in [0.5, 0.6) is 0 Å². The van der Waals surface area contributed by atoms with Crippen molar-refractivity contribution in [2.75, 3.05) is 18.9 Å². The van der Waals surface area contributed by atoms with Crippen molar-refractivity contribution < 1.29 is 0 Å². The molecule has 0 atom stereocenters. The maximum absolute atomic E-state index is 5.66. The Bertz CT molecular complexity index is 289. The van der Waals surface area contributed by atoms with Gasteiger partial charge >= 0.3 is 0 Å². The second-order valence-corrected chi connectivity index (χ2v) is 3.74. The van der Waals surface area contributed by atoms with Gasteiger partial charge in [0.25, 0.3) is 0 Å². The van der Waals surface area contributed by atoms with E-state index in [2.05, 4.69) is 29.4 Å². The van der Waals surface area contributed by atoms with Crippen molar-refractivity contribution in [1.29, 1.82) is 0 Å². The zero-order chi connectivity index (χ0) is 10.1. The summed E-state index contributed by atoms with van der Waals surface area (Å²) in [6.07, 6.45) is 0. The van der Waals surface area contributed by atoms with Gasteiger partial charge in [0.2, 0.25) is 5.95 Å². The number of nitrogens with one attached hydrogen (secondary N) is 1. The molecule has 0 spiro atoms. The van der Waals surface area contributed by atoms with Gasteiger partial charge in [-0.2, -0.15) is 0 Å². The molecule has 0 aromatic carbocycles. The minimum absolute atomic E-state index is 0.128. The molecule has 5 heteroatoms. The molecule has 0 radical (unpaired) electrons. The maximum atomic E-state index is 5.66. The van der Waals surface area contributed by atoms with E-state index in [1.807, 2.05) is 18.7 Å². The number of hydrogen-bond donors (Lipinski definition) is 2. The second kappa shape index (κ2) is 3.33. The number of nitrogens with two attached hydrogens (primary N) is 1. The number of aromatic nitrogens is 3. The largest absolute Gasteiger partial charge is 0.357 e. The van der Waals surface area contributed by atoms with Gasteiger partial charge in [-0.15, -0.1) is 10.2 Å². The summed E-state index contributed by atoms with van der Waals surface area (Å²) in [5.41, 5.74) is 5.53. The lowest BCUT2D eigenvalue weighted by molar-refractivity contribution is 0.483. The van der Waals surface area contributed by atoms with Crippen LogP contribution in [0, 0.1) is 0 Å². The first kappa shape index (κ1) is 9.98. The molecule has 0 aliphatic carbocycles. The van der Waals surface area contributed by atoms with Crippen LogP contribution in [0.2, 0.25) is 0 Å². The van der Waals surface area contributed by atoms with Crippen LogP contribution in [0.3, 0.4) is 0 Å². The highest BCUT2D eigenvalue weighted by molar-refractivity contribution is 5.26. The normalized spacial score (nSPS) is 11.8. The third kappa shape index (κ3) is 1.65. The van der Waals surface area contributed by atoms with Crippen LogP contribution in [0.4, 0.5) is 5.95 Å². The van der Waals surface area contributed by atoms with Gasteiger partial charge in [0, 0.05) is 26.1 Å². The molecule has 0 bridgehead atoms. The maximum Gasteiger partial charge on any atom is 0.224 e. The topological polar surface area (TPSA) is 68.8 Å². The number of nitrogens with zero attached hydrogens (tertiary/aromatic N) is 3. The van der Waals surface area contributed by atoms with E-state index in [9.17, 15) is 0 Å². The smallest absolute Gasteiger partial charge is 0.224 e. The predicted molar refractivity (Wildman–Crippen MR) is 52.6 cm³/mol. The van der Waals surface area contributed by atoms with Crippen molar-refractivity contribution in [2.24, 2.45) is 12.8 Å². The molecule has 1 heterocycles. The van der Waals surface area contributed by atoms with E-state index in [1.165, 1.54) is 0 Å². The predicted octanol–water partition coefficient (Wildman–Crippen LogP) is 0.0931. The van der Waals surface area contributed by atoms with E-state index in [0.29, 0.717) is 6.54 Å². The summed E-state index contributed by atoms with van der Waals surface area (Å²) in [5, 5.41) is 11.1. The molecule has 0 aliphatic rings. The standard InChI is InChI=1S/C8H17N5/c1-8(2,5-9)6-11-12-7(10-3)13(6)4/h5,9H2,1-4H3,(H,10,12). The van der Waals surface area contributed by atoms with Gasteiger partial charge in [0.15, 0.2) is 0 Å². The molecule has 0 amide bonds. The number of anilines is 1. The van der Waals surface area contributed by atoms with Crippen molar-refractivity contribution >= 4 is 5.95 Å². The molecule has 5 nitrogen and oxygen atoms in total. The van der Waals surface area contributed by atoms with E-state index in [1.54, 1.807) is 0 Å². The quantitative estimate of drug-likeness (QED) is 0.697.